The maximum atomic E-state index is 13.0. The maximum absolute atomic E-state index is 13.0. The van der Waals surface area contributed by atoms with Crippen LogP contribution in [0.5, 0.6) is 0 Å². The SMILES string of the molecule is CC(C)Nc1ncc(-c2cc(N)cc(C(=O)NCc3ccccc3)c2)c(CC(=O)NCc2ccc(C(=N)N)cc2)n1. The second kappa shape index (κ2) is 13.2. The zero-order chi connectivity index (χ0) is 29.4. The lowest BCUT2D eigenvalue weighted by Gasteiger charge is -2.15. The van der Waals surface area contributed by atoms with Crippen LogP contribution in [-0.2, 0) is 24.3 Å². The minimum atomic E-state index is -0.267. The van der Waals surface area contributed by atoms with Gasteiger partial charge in [-0.2, -0.15) is 0 Å². The van der Waals surface area contributed by atoms with E-state index in [9.17, 15) is 9.59 Å². The lowest BCUT2D eigenvalue weighted by molar-refractivity contribution is -0.120. The smallest absolute Gasteiger partial charge is 0.251 e. The number of nitrogen functional groups attached to an aromatic ring is 2. The molecule has 41 heavy (non-hydrogen) atoms. The summed E-state index contributed by atoms with van der Waals surface area (Å²) in [6.45, 7) is 4.63. The number of carbonyl (C=O) groups is 2. The summed E-state index contributed by atoms with van der Waals surface area (Å²) >= 11 is 0. The minimum absolute atomic E-state index is 0.0129. The van der Waals surface area contributed by atoms with Gasteiger partial charge in [0.15, 0.2) is 0 Å². The number of carbonyl (C=O) groups excluding carboxylic acids is 2. The number of benzene rings is 3. The van der Waals surface area contributed by atoms with Crippen LogP contribution in [0.25, 0.3) is 11.1 Å². The third-order valence-corrected chi connectivity index (χ3v) is 6.19. The Morgan fingerprint density at radius 3 is 2.27 bits per heavy atom. The van der Waals surface area contributed by atoms with Crippen LogP contribution in [-0.4, -0.2) is 33.7 Å². The van der Waals surface area contributed by atoms with E-state index < -0.39 is 0 Å². The standard InChI is InChI=1S/C31H34N8O2/c1-19(2)38-31-37-18-26(27(39-31)15-28(40)35-16-21-8-10-22(11-9-21)29(33)34)23-12-24(14-25(32)13-23)30(41)36-17-20-6-4-3-5-7-20/h3-14,18-19H,15-17,32H2,1-2H3,(H3,33,34)(H,35,40)(H,36,41)(H,37,38,39). The molecule has 8 N–H and O–H groups in total. The molecular formula is C31H34N8O2. The molecule has 3 aromatic carbocycles. The number of nitrogens with two attached hydrogens (primary N) is 2. The molecule has 0 aliphatic rings. The van der Waals surface area contributed by atoms with Gasteiger partial charge in [-0.15, -0.1) is 0 Å². The maximum Gasteiger partial charge on any atom is 0.251 e. The molecule has 0 atom stereocenters. The van der Waals surface area contributed by atoms with Gasteiger partial charge in [0, 0.05) is 47.7 Å². The van der Waals surface area contributed by atoms with Crippen LogP contribution in [0.4, 0.5) is 11.6 Å². The van der Waals surface area contributed by atoms with E-state index in [-0.39, 0.29) is 30.1 Å². The fourth-order valence-corrected chi connectivity index (χ4v) is 4.16. The van der Waals surface area contributed by atoms with Crippen LogP contribution < -0.4 is 27.4 Å². The Morgan fingerprint density at radius 1 is 0.902 bits per heavy atom. The molecule has 0 aliphatic carbocycles. The van der Waals surface area contributed by atoms with Gasteiger partial charge in [0.25, 0.3) is 5.91 Å². The van der Waals surface area contributed by atoms with Crippen molar-refractivity contribution in [1.29, 1.82) is 5.41 Å². The first-order chi connectivity index (χ1) is 19.7. The first-order valence-corrected chi connectivity index (χ1v) is 13.2. The molecule has 2 amide bonds. The summed E-state index contributed by atoms with van der Waals surface area (Å²) in [4.78, 5) is 35.1. The van der Waals surface area contributed by atoms with E-state index in [1.165, 1.54) is 0 Å². The van der Waals surface area contributed by atoms with Crippen LogP contribution in [0.15, 0.2) is 79.0 Å². The number of hydrogen-bond acceptors (Lipinski definition) is 7. The second-order valence-electron chi connectivity index (χ2n) is 9.93. The van der Waals surface area contributed by atoms with Gasteiger partial charge < -0.3 is 27.4 Å². The fraction of sp³-hybridized carbons (Fsp3) is 0.194. The molecule has 0 saturated heterocycles. The molecular weight excluding hydrogens is 516 g/mol. The van der Waals surface area contributed by atoms with E-state index in [0.29, 0.717) is 52.7 Å². The van der Waals surface area contributed by atoms with Crippen LogP contribution in [0, 0.1) is 5.41 Å². The van der Waals surface area contributed by atoms with Gasteiger partial charge in [0.05, 0.1) is 12.1 Å². The number of hydrogen-bond donors (Lipinski definition) is 6. The van der Waals surface area contributed by atoms with Gasteiger partial charge in [-0.25, -0.2) is 9.97 Å². The Kier molecular flexibility index (Phi) is 9.26. The van der Waals surface area contributed by atoms with Gasteiger partial charge >= 0.3 is 0 Å². The predicted molar refractivity (Wildman–Crippen MR) is 161 cm³/mol. The van der Waals surface area contributed by atoms with Gasteiger partial charge in [-0.1, -0.05) is 54.6 Å². The summed E-state index contributed by atoms with van der Waals surface area (Å²) in [5, 5.41) is 16.5. The van der Waals surface area contributed by atoms with Gasteiger partial charge in [0.1, 0.15) is 5.84 Å². The normalized spacial score (nSPS) is 10.7. The summed E-state index contributed by atoms with van der Waals surface area (Å²) in [5.41, 5.74) is 16.7. The highest BCUT2D eigenvalue weighted by atomic mass is 16.2. The average Bonchev–Trinajstić information content (AvgIpc) is 2.95. The zero-order valence-corrected chi connectivity index (χ0v) is 23.1. The van der Waals surface area contributed by atoms with Crippen LogP contribution in [0.2, 0.25) is 0 Å². The Bertz CT molecular complexity index is 1540. The monoisotopic (exact) mass is 550 g/mol. The molecule has 1 heterocycles. The number of rotatable bonds is 11. The first-order valence-electron chi connectivity index (χ1n) is 13.2. The van der Waals surface area contributed by atoms with Crippen LogP contribution in [0.1, 0.15) is 46.6 Å². The molecule has 210 valence electrons. The van der Waals surface area contributed by atoms with Crippen LogP contribution >= 0.6 is 0 Å². The Labute approximate surface area is 239 Å². The first kappa shape index (κ1) is 28.8. The molecule has 1 aromatic heterocycles. The zero-order valence-electron chi connectivity index (χ0n) is 23.1. The van der Waals surface area contributed by atoms with Gasteiger partial charge in [0.2, 0.25) is 11.9 Å². The molecule has 4 rings (SSSR count). The summed E-state index contributed by atoms with van der Waals surface area (Å²) in [6.07, 6.45) is 1.63. The molecule has 0 saturated carbocycles. The molecule has 4 aromatic rings. The van der Waals surface area contributed by atoms with E-state index >= 15 is 0 Å². The summed E-state index contributed by atoms with van der Waals surface area (Å²) in [6, 6.07) is 21.9. The Morgan fingerprint density at radius 2 is 1.59 bits per heavy atom. The highest BCUT2D eigenvalue weighted by Gasteiger charge is 2.17. The van der Waals surface area contributed by atoms with E-state index in [2.05, 4.69) is 25.9 Å². The molecule has 10 heteroatoms. The lowest BCUT2D eigenvalue weighted by Crippen LogP contribution is -2.26. The number of amidine groups is 1. The minimum Gasteiger partial charge on any atom is -0.399 e. The number of nitrogens with zero attached hydrogens (tertiary/aromatic N) is 2. The molecule has 0 unspecified atom stereocenters. The van der Waals surface area contributed by atoms with Crippen molar-refractivity contribution in [2.24, 2.45) is 5.73 Å². The largest absolute Gasteiger partial charge is 0.399 e. The third-order valence-electron chi connectivity index (χ3n) is 6.19. The molecule has 0 aliphatic heterocycles. The fourth-order valence-electron chi connectivity index (χ4n) is 4.16. The molecule has 0 spiro atoms. The van der Waals surface area contributed by atoms with E-state index in [1.54, 1.807) is 36.5 Å². The quantitative estimate of drug-likeness (QED) is 0.0940. The molecule has 0 fully saturated rings. The van der Waals surface area contributed by atoms with Crippen LogP contribution in [0.3, 0.4) is 0 Å². The predicted octanol–water partition coefficient (Wildman–Crippen LogP) is 3.62. The van der Waals surface area contributed by atoms with E-state index in [0.717, 1.165) is 11.1 Å². The van der Waals surface area contributed by atoms with Crippen molar-refractivity contribution in [3.8, 4) is 11.1 Å². The Balaban J connectivity index is 1.55. The summed E-state index contributed by atoms with van der Waals surface area (Å²) < 4.78 is 0. The molecule has 10 nitrogen and oxygen atoms in total. The summed E-state index contributed by atoms with van der Waals surface area (Å²) in [7, 11) is 0. The van der Waals surface area contributed by atoms with E-state index in [4.69, 9.17) is 16.9 Å². The lowest BCUT2D eigenvalue weighted by atomic mass is 10.00. The van der Waals surface area contributed by atoms with Crippen molar-refractivity contribution in [3.05, 3.63) is 107 Å². The molecule has 0 bridgehead atoms. The Hall–Kier alpha value is -5.25. The van der Waals surface area contributed by atoms with Gasteiger partial charge in [-0.3, -0.25) is 15.0 Å². The second-order valence-corrected chi connectivity index (χ2v) is 9.93. The van der Waals surface area contributed by atoms with Crippen molar-refractivity contribution >= 4 is 29.3 Å². The highest BCUT2D eigenvalue weighted by molar-refractivity contribution is 5.97. The topological polar surface area (TPSA) is 172 Å². The van der Waals surface area contributed by atoms with Crippen molar-refractivity contribution < 1.29 is 9.59 Å². The van der Waals surface area contributed by atoms with Crippen molar-refractivity contribution in [2.45, 2.75) is 39.4 Å². The third kappa shape index (κ3) is 8.12. The molecule has 0 radical (unpaired) electrons. The number of nitrogens with one attached hydrogen (secondary N) is 4. The van der Waals surface area contributed by atoms with Crippen molar-refractivity contribution in [1.82, 2.24) is 20.6 Å². The van der Waals surface area contributed by atoms with E-state index in [1.807, 2.05) is 56.3 Å². The average molecular weight is 551 g/mol. The summed E-state index contributed by atoms with van der Waals surface area (Å²) in [5.74, 6) is -0.116. The number of anilines is 2. The van der Waals surface area contributed by atoms with Gasteiger partial charge in [-0.05, 0) is 48.7 Å². The highest BCUT2D eigenvalue weighted by Crippen LogP contribution is 2.27. The number of amides is 2. The van der Waals surface area contributed by atoms with Crippen molar-refractivity contribution in [2.75, 3.05) is 11.1 Å². The van der Waals surface area contributed by atoms with Crippen molar-refractivity contribution in [3.63, 3.8) is 0 Å². The number of aromatic nitrogens is 2.